The summed E-state index contributed by atoms with van der Waals surface area (Å²) in [5.74, 6) is -0.316. The topological polar surface area (TPSA) is 35.1 Å². The Morgan fingerprint density at radius 1 is 1.31 bits per heavy atom. The number of carbonyl (C=O) groups excluding carboxylic acids is 1. The van der Waals surface area contributed by atoms with Crippen LogP contribution in [0.15, 0.2) is 28.7 Å². The highest BCUT2D eigenvalue weighted by Crippen LogP contribution is 2.30. The monoisotopic (exact) mass is 217 g/mol. The zero-order valence-electron chi connectivity index (χ0n) is 8.53. The minimum Gasteiger partial charge on any atom is -0.454 e. The average Bonchev–Trinajstić information content (AvgIpc) is 2.76. The van der Waals surface area contributed by atoms with Crippen LogP contribution in [0.4, 0.5) is 4.39 Å². The molecule has 3 rings (SSSR count). The summed E-state index contributed by atoms with van der Waals surface area (Å²) in [5.41, 5.74) is 2.49. The molecule has 2 aromatic heterocycles. The van der Waals surface area contributed by atoms with Gasteiger partial charge in [-0.05, 0) is 18.2 Å². The molecule has 80 valence electrons. The minimum atomic E-state index is -0.316. The number of benzene rings is 1. The second kappa shape index (κ2) is 2.95. The van der Waals surface area contributed by atoms with Gasteiger partial charge >= 0.3 is 0 Å². The highest BCUT2D eigenvalue weighted by atomic mass is 19.1. The number of aldehydes is 1. The summed E-state index contributed by atoms with van der Waals surface area (Å²) in [5, 5.41) is 0.686. The van der Waals surface area contributed by atoms with Crippen molar-refractivity contribution in [1.82, 2.24) is 4.57 Å². The molecular formula is C12H8FNO2. The first-order valence-corrected chi connectivity index (χ1v) is 4.83. The van der Waals surface area contributed by atoms with Gasteiger partial charge in [-0.25, -0.2) is 4.39 Å². The van der Waals surface area contributed by atoms with E-state index in [9.17, 15) is 9.18 Å². The van der Waals surface area contributed by atoms with Crippen LogP contribution in [-0.2, 0) is 7.05 Å². The van der Waals surface area contributed by atoms with Gasteiger partial charge in [-0.1, -0.05) is 0 Å². The lowest BCUT2D eigenvalue weighted by atomic mass is 10.2. The number of aryl methyl sites for hydroxylation is 1. The van der Waals surface area contributed by atoms with Gasteiger partial charge in [0, 0.05) is 18.5 Å². The number of furan rings is 1. The molecule has 4 heteroatoms. The molecule has 0 fully saturated rings. The third-order valence-corrected chi connectivity index (χ3v) is 2.77. The molecule has 0 saturated heterocycles. The number of rotatable bonds is 1. The first-order valence-electron chi connectivity index (χ1n) is 4.83. The van der Waals surface area contributed by atoms with Gasteiger partial charge in [-0.2, -0.15) is 0 Å². The molecule has 0 unspecified atom stereocenters. The molecule has 3 aromatic rings. The van der Waals surface area contributed by atoms with E-state index < -0.39 is 0 Å². The fraction of sp³-hybridized carbons (Fsp3) is 0.0833. The standard InChI is InChI=1S/C12H8FNO2/c1-14-8(6-15)5-11-12(14)9-4-7(13)2-3-10(9)16-11/h2-6H,1H3. The smallest absolute Gasteiger partial charge is 0.166 e. The molecule has 0 saturated carbocycles. The van der Waals surface area contributed by atoms with Crippen LogP contribution in [0.5, 0.6) is 0 Å². The van der Waals surface area contributed by atoms with Crippen molar-refractivity contribution in [3.63, 3.8) is 0 Å². The largest absolute Gasteiger partial charge is 0.454 e. The lowest BCUT2D eigenvalue weighted by molar-refractivity contribution is 0.111. The van der Waals surface area contributed by atoms with E-state index in [1.54, 1.807) is 23.7 Å². The SMILES string of the molecule is Cn1c(C=O)cc2oc3ccc(F)cc3c21. The van der Waals surface area contributed by atoms with Crippen molar-refractivity contribution in [2.45, 2.75) is 0 Å². The summed E-state index contributed by atoms with van der Waals surface area (Å²) >= 11 is 0. The molecule has 0 aliphatic carbocycles. The maximum Gasteiger partial charge on any atom is 0.166 e. The molecule has 0 aliphatic heterocycles. The number of hydrogen-bond acceptors (Lipinski definition) is 2. The van der Waals surface area contributed by atoms with E-state index in [0.717, 1.165) is 11.8 Å². The number of aromatic nitrogens is 1. The zero-order chi connectivity index (χ0) is 11.3. The van der Waals surface area contributed by atoms with E-state index in [0.29, 0.717) is 22.2 Å². The lowest BCUT2D eigenvalue weighted by Crippen LogP contribution is -1.93. The van der Waals surface area contributed by atoms with Crippen molar-refractivity contribution in [2.75, 3.05) is 0 Å². The molecule has 3 nitrogen and oxygen atoms in total. The lowest BCUT2D eigenvalue weighted by Gasteiger charge is -1.96. The quantitative estimate of drug-likeness (QED) is 0.587. The van der Waals surface area contributed by atoms with Crippen molar-refractivity contribution >= 4 is 28.4 Å². The Morgan fingerprint density at radius 3 is 2.88 bits per heavy atom. The first kappa shape index (κ1) is 9.15. The Hall–Kier alpha value is -2.10. The van der Waals surface area contributed by atoms with E-state index in [4.69, 9.17) is 4.42 Å². The Kier molecular flexibility index (Phi) is 1.68. The molecule has 0 aliphatic rings. The van der Waals surface area contributed by atoms with Crippen LogP contribution in [-0.4, -0.2) is 10.9 Å². The second-order valence-corrected chi connectivity index (χ2v) is 3.70. The highest BCUT2D eigenvalue weighted by Gasteiger charge is 2.13. The fourth-order valence-electron chi connectivity index (χ4n) is 1.99. The molecule has 0 bridgehead atoms. The summed E-state index contributed by atoms with van der Waals surface area (Å²) in [7, 11) is 1.76. The van der Waals surface area contributed by atoms with Crippen molar-refractivity contribution in [2.24, 2.45) is 7.05 Å². The number of halogens is 1. The molecule has 0 N–H and O–H groups in total. The molecule has 0 atom stereocenters. The number of nitrogens with zero attached hydrogens (tertiary/aromatic N) is 1. The van der Waals surface area contributed by atoms with Crippen LogP contribution >= 0.6 is 0 Å². The van der Waals surface area contributed by atoms with Crippen LogP contribution in [0, 0.1) is 5.82 Å². The van der Waals surface area contributed by atoms with Gasteiger partial charge in [0.25, 0.3) is 0 Å². The molecule has 2 heterocycles. The minimum absolute atomic E-state index is 0.316. The van der Waals surface area contributed by atoms with E-state index in [1.807, 2.05) is 0 Å². The third-order valence-electron chi connectivity index (χ3n) is 2.77. The van der Waals surface area contributed by atoms with Gasteiger partial charge in [-0.3, -0.25) is 4.79 Å². The van der Waals surface area contributed by atoms with Gasteiger partial charge < -0.3 is 8.98 Å². The summed E-state index contributed by atoms with van der Waals surface area (Å²) in [6.45, 7) is 0. The molecule has 16 heavy (non-hydrogen) atoms. The maximum absolute atomic E-state index is 13.1. The Labute approximate surface area is 90.1 Å². The zero-order valence-corrected chi connectivity index (χ0v) is 8.53. The predicted octanol–water partition coefficient (Wildman–Crippen LogP) is 2.88. The normalized spacial score (nSPS) is 11.4. The summed E-state index contributed by atoms with van der Waals surface area (Å²) in [6, 6.07) is 6.01. The van der Waals surface area contributed by atoms with E-state index in [2.05, 4.69) is 0 Å². The molecule has 0 radical (unpaired) electrons. The van der Waals surface area contributed by atoms with Gasteiger partial charge in [0.1, 0.15) is 11.4 Å². The van der Waals surface area contributed by atoms with Crippen LogP contribution < -0.4 is 0 Å². The molecule has 0 spiro atoms. The number of hydrogen-bond donors (Lipinski definition) is 0. The van der Waals surface area contributed by atoms with E-state index in [-0.39, 0.29) is 5.82 Å². The highest BCUT2D eigenvalue weighted by molar-refractivity contribution is 6.05. The van der Waals surface area contributed by atoms with Crippen LogP contribution in [0.3, 0.4) is 0 Å². The molecule has 0 amide bonds. The fourth-order valence-corrected chi connectivity index (χ4v) is 1.99. The van der Waals surface area contributed by atoms with Crippen molar-refractivity contribution < 1.29 is 13.6 Å². The maximum atomic E-state index is 13.1. The van der Waals surface area contributed by atoms with Crippen molar-refractivity contribution in [3.05, 3.63) is 35.8 Å². The van der Waals surface area contributed by atoms with Crippen LogP contribution in [0.25, 0.3) is 22.1 Å². The average molecular weight is 217 g/mol. The number of fused-ring (bicyclic) bond motifs is 3. The summed E-state index contributed by atoms with van der Waals surface area (Å²) in [6.07, 6.45) is 0.751. The van der Waals surface area contributed by atoms with E-state index in [1.165, 1.54) is 12.1 Å². The molecular weight excluding hydrogens is 209 g/mol. The van der Waals surface area contributed by atoms with Crippen molar-refractivity contribution in [1.29, 1.82) is 0 Å². The predicted molar refractivity (Wildman–Crippen MR) is 58.0 cm³/mol. The summed E-state index contributed by atoms with van der Waals surface area (Å²) in [4.78, 5) is 10.8. The second-order valence-electron chi connectivity index (χ2n) is 3.70. The van der Waals surface area contributed by atoms with Crippen LogP contribution in [0.2, 0.25) is 0 Å². The Bertz CT molecular complexity index is 709. The third kappa shape index (κ3) is 1.04. The molecule has 1 aromatic carbocycles. The number of carbonyl (C=O) groups is 1. The summed E-state index contributed by atoms with van der Waals surface area (Å²) < 4.78 is 20.4. The van der Waals surface area contributed by atoms with Gasteiger partial charge in [0.2, 0.25) is 0 Å². The Morgan fingerprint density at radius 2 is 2.12 bits per heavy atom. The van der Waals surface area contributed by atoms with Crippen LogP contribution in [0.1, 0.15) is 10.5 Å². The Balaban J connectivity index is 2.53. The first-order chi connectivity index (χ1) is 7.70. The van der Waals surface area contributed by atoms with Crippen molar-refractivity contribution in [3.8, 4) is 0 Å². The van der Waals surface area contributed by atoms with Gasteiger partial charge in [0.15, 0.2) is 11.9 Å². The van der Waals surface area contributed by atoms with Gasteiger partial charge in [-0.15, -0.1) is 0 Å². The van der Waals surface area contributed by atoms with Gasteiger partial charge in [0.05, 0.1) is 11.2 Å². The van der Waals surface area contributed by atoms with E-state index >= 15 is 0 Å².